The van der Waals surface area contributed by atoms with Crippen molar-refractivity contribution in [1.82, 2.24) is 9.88 Å². The van der Waals surface area contributed by atoms with Crippen molar-refractivity contribution in [2.24, 2.45) is 0 Å². The fraction of sp³-hybridized carbons (Fsp3) is 0.520. The van der Waals surface area contributed by atoms with Gasteiger partial charge in [-0.15, -0.1) is 0 Å². The molecule has 4 atom stereocenters. The number of hydrogen-bond donors (Lipinski definition) is 1. The highest BCUT2D eigenvalue weighted by Crippen LogP contribution is 2.30. The van der Waals surface area contributed by atoms with Gasteiger partial charge in [-0.05, 0) is 62.9 Å². The van der Waals surface area contributed by atoms with E-state index in [0.717, 1.165) is 54.8 Å². The first-order valence-electron chi connectivity index (χ1n) is 11.7. The number of alkyl halides is 3. The minimum Gasteiger partial charge on any atom is -0.475 e. The van der Waals surface area contributed by atoms with Crippen LogP contribution in [0, 0.1) is 0 Å². The number of halogens is 5. The fourth-order valence-corrected chi connectivity index (χ4v) is 5.01. The number of carboxylic acids is 1. The van der Waals surface area contributed by atoms with E-state index < -0.39 is 12.1 Å². The highest BCUT2D eigenvalue weighted by molar-refractivity contribution is 6.31. The lowest BCUT2D eigenvalue weighted by molar-refractivity contribution is -0.192. The molecule has 2 unspecified atom stereocenters. The standard InChI is InChI=1S/C23H29Cl2N3O.C2HF3O2/c1-16-11-21(8-10-27(16)23-13-20(25)7-9-26-23)28-14-17(2)29-15-22(28)12-18-3-5-19(24)6-4-18;3-2(4,5)1(6)7/h3-7,9,13,16-17,21-22H,8,10-12,14-15H2,1-2H3;(H,6,7)/t16?,17-,21?,22-;/m0./s1. The van der Waals surface area contributed by atoms with Crippen molar-refractivity contribution >= 4 is 35.0 Å². The normalized spacial score (nSPS) is 25.1. The number of ether oxygens (including phenoxy) is 1. The molecule has 0 aliphatic carbocycles. The molecule has 0 amide bonds. The molecule has 4 rings (SSSR count). The Morgan fingerprint density at radius 2 is 1.83 bits per heavy atom. The number of carbonyl (C=O) groups is 1. The fourth-order valence-electron chi connectivity index (χ4n) is 4.73. The summed E-state index contributed by atoms with van der Waals surface area (Å²) < 4.78 is 37.8. The van der Waals surface area contributed by atoms with E-state index in [9.17, 15) is 13.2 Å². The summed E-state index contributed by atoms with van der Waals surface area (Å²) >= 11 is 12.2. The molecule has 11 heteroatoms. The lowest BCUT2D eigenvalue weighted by atomic mass is 9.93. The maximum Gasteiger partial charge on any atom is 0.490 e. The summed E-state index contributed by atoms with van der Waals surface area (Å²) in [6.45, 7) is 7.25. The minimum absolute atomic E-state index is 0.277. The van der Waals surface area contributed by atoms with Crippen molar-refractivity contribution in [3.8, 4) is 0 Å². The molecular weight excluding hydrogens is 518 g/mol. The number of aliphatic carboxylic acids is 1. The van der Waals surface area contributed by atoms with Crippen molar-refractivity contribution in [3.05, 3.63) is 58.2 Å². The Hall–Kier alpha value is -2.07. The maximum atomic E-state index is 10.6. The molecule has 2 aromatic rings. The van der Waals surface area contributed by atoms with Crippen molar-refractivity contribution in [3.63, 3.8) is 0 Å². The smallest absolute Gasteiger partial charge is 0.475 e. The van der Waals surface area contributed by atoms with Crippen molar-refractivity contribution in [2.75, 3.05) is 24.6 Å². The molecule has 0 bridgehead atoms. The predicted molar refractivity (Wildman–Crippen MR) is 134 cm³/mol. The van der Waals surface area contributed by atoms with E-state index in [2.05, 4.69) is 40.8 Å². The second kappa shape index (κ2) is 12.4. The van der Waals surface area contributed by atoms with Gasteiger partial charge in [0.05, 0.1) is 12.7 Å². The number of aromatic nitrogens is 1. The number of anilines is 1. The van der Waals surface area contributed by atoms with Crippen LogP contribution in [0.15, 0.2) is 42.6 Å². The summed E-state index contributed by atoms with van der Waals surface area (Å²) in [4.78, 5) is 18.5. The zero-order valence-electron chi connectivity index (χ0n) is 20.1. The quantitative estimate of drug-likeness (QED) is 0.528. The van der Waals surface area contributed by atoms with Gasteiger partial charge >= 0.3 is 12.1 Å². The topological polar surface area (TPSA) is 65.9 Å². The van der Waals surface area contributed by atoms with Gasteiger partial charge in [0.2, 0.25) is 0 Å². The van der Waals surface area contributed by atoms with Crippen LogP contribution in [0.2, 0.25) is 10.0 Å². The Bertz CT molecular complexity index is 1010. The number of pyridine rings is 1. The molecular formula is C25H30Cl2F3N3O3. The second-order valence-electron chi connectivity index (χ2n) is 9.18. The summed E-state index contributed by atoms with van der Waals surface area (Å²) in [5.41, 5.74) is 1.32. The average Bonchev–Trinajstić information content (AvgIpc) is 2.81. The summed E-state index contributed by atoms with van der Waals surface area (Å²) in [6, 6.07) is 13.4. The van der Waals surface area contributed by atoms with Gasteiger partial charge < -0.3 is 14.7 Å². The third-order valence-electron chi connectivity index (χ3n) is 6.46. The summed E-state index contributed by atoms with van der Waals surface area (Å²) in [5.74, 6) is -1.77. The number of rotatable bonds is 4. The van der Waals surface area contributed by atoms with Crippen LogP contribution in [-0.2, 0) is 16.0 Å². The van der Waals surface area contributed by atoms with E-state index >= 15 is 0 Å². The predicted octanol–water partition coefficient (Wildman–Crippen LogP) is 5.71. The third-order valence-corrected chi connectivity index (χ3v) is 6.94. The Morgan fingerprint density at radius 3 is 2.42 bits per heavy atom. The van der Waals surface area contributed by atoms with E-state index in [1.54, 1.807) is 6.20 Å². The van der Waals surface area contributed by atoms with Crippen LogP contribution in [0.5, 0.6) is 0 Å². The zero-order valence-corrected chi connectivity index (χ0v) is 21.6. The Morgan fingerprint density at radius 1 is 1.17 bits per heavy atom. The maximum absolute atomic E-state index is 10.6. The lowest BCUT2D eigenvalue weighted by Gasteiger charge is -2.48. The Labute approximate surface area is 219 Å². The van der Waals surface area contributed by atoms with Gasteiger partial charge in [-0.2, -0.15) is 13.2 Å². The molecule has 0 radical (unpaired) electrons. The van der Waals surface area contributed by atoms with Gasteiger partial charge in [0.15, 0.2) is 0 Å². The summed E-state index contributed by atoms with van der Waals surface area (Å²) in [6.07, 6.45) is 0.233. The molecule has 1 N–H and O–H groups in total. The summed E-state index contributed by atoms with van der Waals surface area (Å²) in [5, 5.41) is 8.66. The van der Waals surface area contributed by atoms with E-state index in [1.807, 2.05) is 24.3 Å². The SMILES string of the molecule is CC1CC(N2C[C@H](C)OC[C@@H]2Cc2ccc(Cl)cc2)CCN1c1cc(Cl)ccn1.O=C(O)C(F)(F)F. The Kier molecular flexibility index (Phi) is 9.86. The molecule has 2 aliphatic rings. The monoisotopic (exact) mass is 547 g/mol. The van der Waals surface area contributed by atoms with Gasteiger partial charge in [0, 0.05) is 47.5 Å². The van der Waals surface area contributed by atoms with E-state index in [-0.39, 0.29) is 6.10 Å². The number of benzene rings is 1. The van der Waals surface area contributed by atoms with Crippen molar-refractivity contribution < 1.29 is 27.8 Å². The molecule has 0 spiro atoms. The van der Waals surface area contributed by atoms with Crippen LogP contribution in [-0.4, -0.2) is 71.1 Å². The van der Waals surface area contributed by atoms with Crippen LogP contribution in [0.4, 0.5) is 19.0 Å². The molecule has 2 aliphatic heterocycles. The molecule has 198 valence electrons. The first kappa shape index (κ1) is 28.5. The molecule has 2 fully saturated rings. The first-order chi connectivity index (χ1) is 16.9. The van der Waals surface area contributed by atoms with Gasteiger partial charge in [0.1, 0.15) is 5.82 Å². The van der Waals surface area contributed by atoms with Crippen molar-refractivity contribution in [1.29, 1.82) is 0 Å². The number of carboxylic acid groups (broad SMARTS) is 1. The van der Waals surface area contributed by atoms with Gasteiger partial charge in [-0.3, -0.25) is 4.90 Å². The largest absolute Gasteiger partial charge is 0.490 e. The van der Waals surface area contributed by atoms with Gasteiger partial charge in [0.25, 0.3) is 0 Å². The third kappa shape index (κ3) is 7.96. The lowest BCUT2D eigenvalue weighted by Crippen LogP contribution is -2.58. The first-order valence-corrected chi connectivity index (χ1v) is 12.5. The van der Waals surface area contributed by atoms with Gasteiger partial charge in [-0.25, -0.2) is 9.78 Å². The van der Waals surface area contributed by atoms with Crippen LogP contribution >= 0.6 is 23.2 Å². The van der Waals surface area contributed by atoms with E-state index in [1.165, 1.54) is 5.56 Å². The molecule has 1 aromatic carbocycles. The average molecular weight is 548 g/mol. The van der Waals surface area contributed by atoms with E-state index in [4.69, 9.17) is 37.8 Å². The number of nitrogens with zero attached hydrogens (tertiary/aromatic N) is 3. The van der Waals surface area contributed by atoms with E-state index in [0.29, 0.717) is 18.1 Å². The zero-order chi connectivity index (χ0) is 26.5. The van der Waals surface area contributed by atoms with Crippen molar-refractivity contribution in [2.45, 2.75) is 63.5 Å². The number of morpholine rings is 1. The molecule has 3 heterocycles. The molecule has 2 saturated heterocycles. The second-order valence-corrected chi connectivity index (χ2v) is 10.1. The van der Waals surface area contributed by atoms with Gasteiger partial charge in [-0.1, -0.05) is 35.3 Å². The van der Waals surface area contributed by atoms with Crippen LogP contribution in [0.3, 0.4) is 0 Å². The molecule has 0 saturated carbocycles. The minimum atomic E-state index is -5.08. The van der Waals surface area contributed by atoms with Crippen LogP contribution in [0.25, 0.3) is 0 Å². The molecule has 6 nitrogen and oxygen atoms in total. The number of piperidine rings is 1. The number of hydrogen-bond acceptors (Lipinski definition) is 5. The summed E-state index contributed by atoms with van der Waals surface area (Å²) in [7, 11) is 0. The van der Waals surface area contributed by atoms with Crippen LogP contribution in [0.1, 0.15) is 32.3 Å². The van der Waals surface area contributed by atoms with Crippen LogP contribution < -0.4 is 4.90 Å². The Balaban J connectivity index is 0.000000454. The highest BCUT2D eigenvalue weighted by Gasteiger charge is 2.38. The molecule has 1 aromatic heterocycles. The molecule has 36 heavy (non-hydrogen) atoms. The highest BCUT2D eigenvalue weighted by atomic mass is 35.5.